The summed E-state index contributed by atoms with van der Waals surface area (Å²) in [5, 5.41) is 12.3. The Bertz CT molecular complexity index is 642. The monoisotopic (exact) mass is 396 g/mol. The van der Waals surface area contributed by atoms with Crippen LogP contribution in [0.1, 0.15) is 37.7 Å². The van der Waals surface area contributed by atoms with Gasteiger partial charge in [0.25, 0.3) is 0 Å². The van der Waals surface area contributed by atoms with E-state index < -0.39 is 17.7 Å². The Kier molecular flexibility index (Phi) is 4.71. The number of halogens is 1. The van der Waals surface area contributed by atoms with Crippen molar-refractivity contribution >= 4 is 33.8 Å². The maximum absolute atomic E-state index is 12.2. The highest BCUT2D eigenvalue weighted by Crippen LogP contribution is 2.44. The van der Waals surface area contributed by atoms with Crippen LogP contribution in [0, 0.1) is 6.92 Å². The van der Waals surface area contributed by atoms with E-state index in [2.05, 4.69) is 21.2 Å². The molecule has 1 aromatic carbocycles. The zero-order valence-corrected chi connectivity index (χ0v) is 15.1. The fraction of sp³-hybridized carbons (Fsp3) is 0.529. The molecule has 2 aliphatic heterocycles. The van der Waals surface area contributed by atoms with E-state index in [1.165, 1.54) is 4.90 Å². The number of amides is 2. The predicted octanol–water partition coefficient (Wildman–Crippen LogP) is 4.37. The highest BCUT2D eigenvalue weighted by Gasteiger charge is 2.52. The summed E-state index contributed by atoms with van der Waals surface area (Å²) in [6.45, 7) is 2.00. The van der Waals surface area contributed by atoms with Crippen LogP contribution in [-0.2, 0) is 4.74 Å². The number of benzene rings is 1. The number of carbonyl (C=O) groups is 2. The van der Waals surface area contributed by atoms with Crippen molar-refractivity contribution < 1.29 is 19.4 Å². The Morgan fingerprint density at radius 3 is 2.92 bits per heavy atom. The first-order valence-corrected chi connectivity index (χ1v) is 8.93. The molecule has 2 amide bonds. The van der Waals surface area contributed by atoms with E-state index >= 15 is 0 Å². The van der Waals surface area contributed by atoms with Crippen molar-refractivity contribution in [1.82, 2.24) is 4.90 Å². The second kappa shape index (κ2) is 6.63. The third-order valence-electron chi connectivity index (χ3n) is 5.13. The predicted molar refractivity (Wildman–Crippen MR) is 93.3 cm³/mol. The number of hydrogen-bond donors (Lipinski definition) is 2. The van der Waals surface area contributed by atoms with Crippen molar-refractivity contribution in [2.24, 2.45) is 0 Å². The molecule has 2 atom stereocenters. The fourth-order valence-corrected chi connectivity index (χ4v) is 4.52. The Morgan fingerprint density at radius 2 is 2.21 bits per heavy atom. The summed E-state index contributed by atoms with van der Waals surface area (Å²) in [6, 6.07) is 5.69. The molecule has 0 radical (unpaired) electrons. The molecule has 6 nitrogen and oxygen atoms in total. The van der Waals surface area contributed by atoms with Crippen molar-refractivity contribution in [3.05, 3.63) is 28.2 Å². The van der Waals surface area contributed by atoms with Crippen LogP contribution >= 0.6 is 15.9 Å². The number of nitrogens with one attached hydrogen (secondary N) is 1. The Balaban J connectivity index is 1.66. The molecule has 0 aromatic heterocycles. The van der Waals surface area contributed by atoms with E-state index in [1.807, 2.05) is 25.1 Å². The average molecular weight is 397 g/mol. The molecule has 3 rings (SSSR count). The van der Waals surface area contributed by atoms with Crippen LogP contribution in [0.15, 0.2) is 22.7 Å². The summed E-state index contributed by atoms with van der Waals surface area (Å²) < 4.78 is 6.20. The molecule has 24 heavy (non-hydrogen) atoms. The molecule has 2 unspecified atom stereocenters. The number of hydrogen-bond acceptors (Lipinski definition) is 3. The van der Waals surface area contributed by atoms with Gasteiger partial charge in [0.1, 0.15) is 6.61 Å². The van der Waals surface area contributed by atoms with Crippen LogP contribution in [0.4, 0.5) is 15.3 Å². The lowest BCUT2D eigenvalue weighted by atomic mass is 9.89. The van der Waals surface area contributed by atoms with E-state index in [1.54, 1.807) is 0 Å². The second-order valence-electron chi connectivity index (χ2n) is 6.59. The second-order valence-corrected chi connectivity index (χ2v) is 7.45. The van der Waals surface area contributed by atoms with E-state index in [0.717, 1.165) is 42.1 Å². The van der Waals surface area contributed by atoms with Crippen molar-refractivity contribution in [2.75, 3.05) is 11.9 Å². The molecule has 1 aromatic rings. The number of ether oxygens (including phenoxy) is 1. The van der Waals surface area contributed by atoms with Crippen LogP contribution in [0.3, 0.4) is 0 Å². The van der Waals surface area contributed by atoms with Crippen molar-refractivity contribution in [1.29, 1.82) is 0 Å². The van der Waals surface area contributed by atoms with Gasteiger partial charge in [-0.2, -0.15) is 0 Å². The number of rotatable bonds is 3. The number of fused-ring (bicyclic) bond motifs is 2. The molecule has 2 saturated heterocycles. The maximum atomic E-state index is 12.2. The average Bonchev–Trinajstić information content (AvgIpc) is 2.76. The summed E-state index contributed by atoms with van der Waals surface area (Å²) in [6.07, 6.45) is 2.75. The number of aryl methyl sites for hydroxylation is 1. The maximum Gasteiger partial charge on any atom is 0.411 e. The van der Waals surface area contributed by atoms with Gasteiger partial charge in [0.05, 0.1) is 11.2 Å². The van der Waals surface area contributed by atoms with Gasteiger partial charge in [-0.3, -0.25) is 10.2 Å². The summed E-state index contributed by atoms with van der Waals surface area (Å²) in [5.74, 6) is 0. The first-order chi connectivity index (χ1) is 11.4. The zero-order valence-electron chi connectivity index (χ0n) is 13.5. The third-order valence-corrected chi connectivity index (χ3v) is 5.79. The van der Waals surface area contributed by atoms with Crippen LogP contribution in [0.5, 0.6) is 0 Å². The largest absolute Gasteiger partial charge is 0.465 e. The Morgan fingerprint density at radius 1 is 1.42 bits per heavy atom. The molecule has 2 heterocycles. The lowest BCUT2D eigenvalue weighted by molar-refractivity contribution is 0.0110. The number of carbonyl (C=O) groups excluding carboxylic acids is 1. The van der Waals surface area contributed by atoms with Gasteiger partial charge < -0.3 is 9.84 Å². The quantitative estimate of drug-likeness (QED) is 0.794. The number of nitrogens with zero attached hydrogens (tertiary/aromatic N) is 1. The first-order valence-electron chi connectivity index (χ1n) is 8.14. The van der Waals surface area contributed by atoms with Gasteiger partial charge in [-0.25, -0.2) is 9.59 Å². The summed E-state index contributed by atoms with van der Waals surface area (Å²) >= 11 is 3.41. The molecule has 7 heteroatoms. The number of carboxylic acid groups (broad SMARTS) is 1. The molecule has 0 aliphatic carbocycles. The summed E-state index contributed by atoms with van der Waals surface area (Å²) in [5.41, 5.74) is 1.03. The first kappa shape index (κ1) is 17.1. The molecule has 0 saturated carbocycles. The zero-order chi connectivity index (χ0) is 17.3. The highest BCUT2D eigenvalue weighted by atomic mass is 79.9. The third kappa shape index (κ3) is 3.09. The lowest BCUT2D eigenvalue weighted by Gasteiger charge is -2.42. The van der Waals surface area contributed by atoms with Crippen LogP contribution in [0.25, 0.3) is 0 Å². The van der Waals surface area contributed by atoms with Gasteiger partial charge in [-0.1, -0.05) is 12.1 Å². The van der Waals surface area contributed by atoms with Crippen LogP contribution in [-0.4, -0.2) is 40.4 Å². The van der Waals surface area contributed by atoms with Gasteiger partial charge in [-0.15, -0.1) is 0 Å². The minimum Gasteiger partial charge on any atom is -0.465 e. The van der Waals surface area contributed by atoms with Crippen molar-refractivity contribution in [3.63, 3.8) is 0 Å². The molecular weight excluding hydrogens is 376 g/mol. The highest BCUT2D eigenvalue weighted by molar-refractivity contribution is 9.10. The minimum absolute atomic E-state index is 0.0634. The molecular formula is C17H21BrN2O4. The number of para-hydroxylation sites is 1. The SMILES string of the molecule is Cc1cccc(Br)c1NC(=O)OCC12CCCC(CC1)N2C(=O)O. The van der Waals surface area contributed by atoms with Crippen LogP contribution < -0.4 is 5.32 Å². The molecule has 2 bridgehead atoms. The van der Waals surface area contributed by atoms with Crippen LogP contribution in [0.2, 0.25) is 0 Å². The molecule has 0 spiro atoms. The molecule has 130 valence electrons. The minimum atomic E-state index is -0.914. The molecule has 2 N–H and O–H groups in total. The smallest absolute Gasteiger partial charge is 0.411 e. The van der Waals surface area contributed by atoms with E-state index in [9.17, 15) is 14.7 Å². The normalized spacial score (nSPS) is 25.4. The molecule has 2 aliphatic rings. The number of anilines is 1. The van der Waals surface area contributed by atoms with Gasteiger partial charge >= 0.3 is 12.2 Å². The molecule has 2 fully saturated rings. The van der Waals surface area contributed by atoms with Gasteiger partial charge in [0.15, 0.2) is 0 Å². The Labute approximate surface area is 149 Å². The van der Waals surface area contributed by atoms with Gasteiger partial charge in [0, 0.05) is 10.5 Å². The summed E-state index contributed by atoms with van der Waals surface area (Å²) in [4.78, 5) is 25.3. The van der Waals surface area contributed by atoms with E-state index in [0.29, 0.717) is 5.69 Å². The number of piperidine rings is 1. The lowest BCUT2D eigenvalue weighted by Crippen LogP contribution is -2.55. The van der Waals surface area contributed by atoms with Gasteiger partial charge in [-0.05, 0) is 66.6 Å². The topological polar surface area (TPSA) is 78.9 Å². The van der Waals surface area contributed by atoms with Crippen molar-refractivity contribution in [2.45, 2.75) is 50.6 Å². The van der Waals surface area contributed by atoms with Crippen molar-refractivity contribution in [3.8, 4) is 0 Å². The van der Waals surface area contributed by atoms with Gasteiger partial charge in [0.2, 0.25) is 0 Å². The van der Waals surface area contributed by atoms with E-state index in [4.69, 9.17) is 4.74 Å². The standard InChI is InChI=1S/C17H21BrN2O4/c1-11-4-2-6-13(18)14(11)19-15(21)24-10-17-8-3-5-12(7-9-17)20(17)16(22)23/h2,4,6,12H,3,5,7-10H2,1H3,(H,19,21)(H,22,23). The van der Waals surface area contributed by atoms with E-state index in [-0.39, 0.29) is 12.6 Å². The fourth-order valence-electron chi connectivity index (χ4n) is 3.96. The Hall–Kier alpha value is -1.76. The summed E-state index contributed by atoms with van der Waals surface area (Å²) in [7, 11) is 0.